The van der Waals surface area contributed by atoms with Gasteiger partial charge in [0.1, 0.15) is 12.7 Å². The summed E-state index contributed by atoms with van der Waals surface area (Å²) in [5.74, 6) is 1.40. The minimum absolute atomic E-state index is 0.196. The molecule has 0 radical (unpaired) electrons. The van der Waals surface area contributed by atoms with Crippen LogP contribution in [0.1, 0.15) is 50.5 Å². The summed E-state index contributed by atoms with van der Waals surface area (Å²) in [7, 11) is -3.25. The van der Waals surface area contributed by atoms with Crippen molar-refractivity contribution in [2.75, 3.05) is 26.0 Å². The maximum absolute atomic E-state index is 11.7. The summed E-state index contributed by atoms with van der Waals surface area (Å²) in [6, 6.07) is 0. The molecule has 2 heterocycles. The molecule has 1 saturated carbocycles. The molecule has 0 spiro atoms. The van der Waals surface area contributed by atoms with E-state index in [9.17, 15) is 8.42 Å². The number of sulfonamides is 1. The number of rotatable bonds is 5. The molecule has 3 rings (SSSR count). The highest BCUT2D eigenvalue weighted by atomic mass is 32.2. The SMILES string of the molecule is C[C@@H]1CCC[C@@H](OCc2nnc([C@@H]3CN(S(C)(=O)=O)CCO3)o2)C1. The van der Waals surface area contributed by atoms with Gasteiger partial charge in [0.05, 0.1) is 19.0 Å². The van der Waals surface area contributed by atoms with Crippen LogP contribution in [0.2, 0.25) is 0 Å². The van der Waals surface area contributed by atoms with Crippen molar-refractivity contribution in [1.29, 1.82) is 0 Å². The van der Waals surface area contributed by atoms with Crippen molar-refractivity contribution in [3.8, 4) is 0 Å². The fourth-order valence-corrected chi connectivity index (χ4v) is 4.06. The molecule has 1 aromatic heterocycles. The highest BCUT2D eigenvalue weighted by Gasteiger charge is 2.31. The molecule has 136 valence electrons. The molecule has 3 atom stereocenters. The molecule has 0 bridgehead atoms. The fourth-order valence-electron chi connectivity index (χ4n) is 3.25. The summed E-state index contributed by atoms with van der Waals surface area (Å²) in [4.78, 5) is 0. The first-order valence-corrected chi connectivity index (χ1v) is 10.3. The number of aromatic nitrogens is 2. The average Bonchev–Trinajstić information content (AvgIpc) is 3.01. The number of morpholine rings is 1. The predicted octanol–water partition coefficient (Wildman–Crippen LogP) is 1.50. The van der Waals surface area contributed by atoms with Crippen molar-refractivity contribution in [2.45, 2.75) is 51.4 Å². The van der Waals surface area contributed by atoms with Crippen LogP contribution in [0.15, 0.2) is 4.42 Å². The van der Waals surface area contributed by atoms with Crippen LogP contribution >= 0.6 is 0 Å². The van der Waals surface area contributed by atoms with E-state index >= 15 is 0 Å². The lowest BCUT2D eigenvalue weighted by Crippen LogP contribution is -2.41. The third kappa shape index (κ3) is 4.53. The van der Waals surface area contributed by atoms with E-state index in [1.807, 2.05) is 0 Å². The smallest absolute Gasteiger partial charge is 0.246 e. The van der Waals surface area contributed by atoms with Crippen LogP contribution in [0, 0.1) is 5.92 Å². The monoisotopic (exact) mass is 359 g/mol. The van der Waals surface area contributed by atoms with Gasteiger partial charge in [-0.15, -0.1) is 10.2 Å². The second-order valence-corrected chi connectivity index (χ2v) is 8.70. The van der Waals surface area contributed by atoms with Gasteiger partial charge in [-0.3, -0.25) is 0 Å². The fraction of sp³-hybridized carbons (Fsp3) is 0.867. The van der Waals surface area contributed by atoms with Gasteiger partial charge in [0.2, 0.25) is 21.8 Å². The molecular weight excluding hydrogens is 334 g/mol. The van der Waals surface area contributed by atoms with E-state index < -0.39 is 16.1 Å². The molecular formula is C15H25N3O5S. The number of hydrogen-bond donors (Lipinski definition) is 0. The molecule has 9 heteroatoms. The topological polar surface area (TPSA) is 94.8 Å². The molecule has 0 unspecified atom stereocenters. The normalized spacial score (nSPS) is 29.7. The molecule has 0 N–H and O–H groups in total. The highest BCUT2D eigenvalue weighted by molar-refractivity contribution is 7.88. The largest absolute Gasteiger partial charge is 0.420 e. The molecule has 2 fully saturated rings. The summed E-state index contributed by atoms with van der Waals surface area (Å²) in [5, 5.41) is 7.98. The summed E-state index contributed by atoms with van der Waals surface area (Å²) in [6.07, 6.45) is 5.50. The zero-order chi connectivity index (χ0) is 17.2. The Bertz CT molecular complexity index is 647. The van der Waals surface area contributed by atoms with E-state index in [0.717, 1.165) is 12.8 Å². The molecule has 1 aliphatic heterocycles. The number of nitrogens with zero attached hydrogens (tertiary/aromatic N) is 3. The summed E-state index contributed by atoms with van der Waals surface area (Å²) in [5.41, 5.74) is 0. The van der Waals surface area contributed by atoms with Gasteiger partial charge in [0, 0.05) is 13.1 Å². The molecule has 0 aromatic carbocycles. The lowest BCUT2D eigenvalue weighted by molar-refractivity contribution is -0.0233. The van der Waals surface area contributed by atoms with Gasteiger partial charge < -0.3 is 13.9 Å². The van der Waals surface area contributed by atoms with Crippen LogP contribution in [0.4, 0.5) is 0 Å². The minimum atomic E-state index is -3.25. The Labute approximate surface area is 142 Å². The zero-order valence-electron chi connectivity index (χ0n) is 14.2. The summed E-state index contributed by atoms with van der Waals surface area (Å²) < 4.78 is 41.7. The van der Waals surface area contributed by atoms with Gasteiger partial charge >= 0.3 is 0 Å². The van der Waals surface area contributed by atoms with Crippen LogP contribution in [0.3, 0.4) is 0 Å². The zero-order valence-corrected chi connectivity index (χ0v) is 15.0. The third-order valence-electron chi connectivity index (χ3n) is 4.59. The van der Waals surface area contributed by atoms with Crippen molar-refractivity contribution in [3.05, 3.63) is 11.8 Å². The molecule has 8 nitrogen and oxygen atoms in total. The second kappa shape index (κ2) is 7.47. The lowest BCUT2D eigenvalue weighted by Gasteiger charge is -2.29. The van der Waals surface area contributed by atoms with E-state index in [4.69, 9.17) is 13.9 Å². The first-order chi connectivity index (χ1) is 11.4. The predicted molar refractivity (Wildman–Crippen MR) is 85.6 cm³/mol. The average molecular weight is 359 g/mol. The standard InChI is InChI=1S/C15H25N3O5S/c1-11-4-3-5-12(8-11)22-10-14-16-17-15(23-14)13-9-18(6-7-21-13)24(2,19)20/h11-13H,3-10H2,1-2H3/t11-,12-,13+/m1/s1. The number of hydrogen-bond acceptors (Lipinski definition) is 7. The first-order valence-electron chi connectivity index (χ1n) is 8.42. The Morgan fingerprint density at radius 3 is 2.92 bits per heavy atom. The van der Waals surface area contributed by atoms with Gasteiger partial charge in [0.25, 0.3) is 0 Å². The van der Waals surface area contributed by atoms with E-state index in [1.54, 1.807) is 0 Å². The van der Waals surface area contributed by atoms with Gasteiger partial charge in [-0.05, 0) is 18.8 Å². The molecule has 1 aromatic rings. The van der Waals surface area contributed by atoms with Gasteiger partial charge in [0.15, 0.2) is 0 Å². The first kappa shape index (κ1) is 17.8. The van der Waals surface area contributed by atoms with Gasteiger partial charge in [-0.1, -0.05) is 19.8 Å². The second-order valence-electron chi connectivity index (χ2n) is 6.72. The third-order valence-corrected chi connectivity index (χ3v) is 5.86. The van der Waals surface area contributed by atoms with Crippen LogP contribution in [0.5, 0.6) is 0 Å². The van der Waals surface area contributed by atoms with Gasteiger partial charge in [-0.2, -0.15) is 4.31 Å². The molecule has 24 heavy (non-hydrogen) atoms. The Morgan fingerprint density at radius 2 is 2.17 bits per heavy atom. The summed E-state index contributed by atoms with van der Waals surface area (Å²) >= 11 is 0. The van der Waals surface area contributed by atoms with E-state index in [-0.39, 0.29) is 19.3 Å². The number of ether oxygens (including phenoxy) is 2. The maximum atomic E-state index is 11.7. The molecule has 1 saturated heterocycles. The molecule has 0 amide bonds. The van der Waals surface area contributed by atoms with Crippen molar-refractivity contribution in [3.63, 3.8) is 0 Å². The van der Waals surface area contributed by atoms with E-state index in [0.29, 0.717) is 30.9 Å². The van der Waals surface area contributed by atoms with Crippen LogP contribution in [-0.2, 0) is 26.1 Å². The molecule has 1 aliphatic carbocycles. The van der Waals surface area contributed by atoms with Crippen molar-refractivity contribution >= 4 is 10.0 Å². The van der Waals surface area contributed by atoms with Crippen LogP contribution in [-0.4, -0.2) is 55.0 Å². The minimum Gasteiger partial charge on any atom is -0.420 e. The Hall–Kier alpha value is -1.03. The van der Waals surface area contributed by atoms with Crippen LogP contribution < -0.4 is 0 Å². The van der Waals surface area contributed by atoms with E-state index in [1.165, 1.54) is 23.4 Å². The summed E-state index contributed by atoms with van der Waals surface area (Å²) in [6.45, 7) is 3.38. The highest BCUT2D eigenvalue weighted by Crippen LogP contribution is 2.27. The van der Waals surface area contributed by atoms with Crippen LogP contribution in [0.25, 0.3) is 0 Å². The van der Waals surface area contributed by atoms with Gasteiger partial charge in [-0.25, -0.2) is 8.42 Å². The van der Waals surface area contributed by atoms with Crippen molar-refractivity contribution in [2.24, 2.45) is 5.92 Å². The maximum Gasteiger partial charge on any atom is 0.246 e. The quantitative estimate of drug-likeness (QED) is 0.786. The molecule has 2 aliphatic rings. The van der Waals surface area contributed by atoms with Crippen molar-refractivity contribution < 1.29 is 22.3 Å². The van der Waals surface area contributed by atoms with Crippen molar-refractivity contribution in [1.82, 2.24) is 14.5 Å². The van der Waals surface area contributed by atoms with E-state index in [2.05, 4.69) is 17.1 Å². The Kier molecular flexibility index (Phi) is 5.53. The Balaban J connectivity index is 1.55. The lowest BCUT2D eigenvalue weighted by atomic mass is 9.89. The Morgan fingerprint density at radius 1 is 1.33 bits per heavy atom.